The minimum absolute atomic E-state index is 0.494. The number of anilines is 1. The second-order valence-electron chi connectivity index (χ2n) is 4.79. The number of fused-ring (bicyclic) bond motifs is 1. The number of nitrogens with one attached hydrogen (secondary N) is 1. The van der Waals surface area contributed by atoms with Crippen LogP contribution >= 0.6 is 0 Å². The van der Waals surface area contributed by atoms with Gasteiger partial charge in [-0.05, 0) is 17.5 Å². The highest BCUT2D eigenvalue weighted by Crippen LogP contribution is 2.41. The number of benzene rings is 2. The SMILES string of the molecule is CNc1c(S(=O)(=O)O)cc2cc(S(=O)(=O)O)cc(O)c2c1S(=O)(=O)O. The van der Waals surface area contributed by atoms with Gasteiger partial charge in [0.15, 0.2) is 0 Å². The number of phenols is 1. The van der Waals surface area contributed by atoms with E-state index in [-0.39, 0.29) is 0 Å². The Kier molecular flexibility index (Phi) is 4.48. The van der Waals surface area contributed by atoms with Crippen molar-refractivity contribution in [2.24, 2.45) is 0 Å². The second kappa shape index (κ2) is 5.79. The first-order valence-corrected chi connectivity index (χ1v) is 10.4. The Bertz CT molecular complexity index is 1200. The van der Waals surface area contributed by atoms with Crippen LogP contribution in [0, 0.1) is 0 Å². The Morgan fingerprint density at radius 3 is 1.80 bits per heavy atom. The Morgan fingerprint density at radius 1 is 0.840 bits per heavy atom. The Hall–Kier alpha value is -1.97. The van der Waals surface area contributed by atoms with Crippen LogP contribution in [0.1, 0.15) is 0 Å². The molecule has 0 heterocycles. The minimum atomic E-state index is -5.14. The van der Waals surface area contributed by atoms with E-state index in [1.807, 2.05) is 0 Å². The van der Waals surface area contributed by atoms with Crippen molar-refractivity contribution in [3.05, 3.63) is 18.2 Å². The molecule has 0 saturated carbocycles. The minimum Gasteiger partial charge on any atom is -0.507 e. The summed E-state index contributed by atoms with van der Waals surface area (Å²) in [6, 6.07) is 1.84. The number of phenolic OH excluding ortho intramolecular Hbond substituents is 1. The van der Waals surface area contributed by atoms with Crippen molar-refractivity contribution < 1.29 is 44.0 Å². The molecule has 0 aromatic heterocycles. The molecule has 0 aliphatic carbocycles. The zero-order valence-corrected chi connectivity index (χ0v) is 14.6. The van der Waals surface area contributed by atoms with Crippen molar-refractivity contribution in [1.82, 2.24) is 0 Å². The molecule has 2 aromatic rings. The Labute approximate surface area is 142 Å². The van der Waals surface area contributed by atoms with Gasteiger partial charge in [-0.1, -0.05) is 0 Å². The maximum absolute atomic E-state index is 11.7. The third kappa shape index (κ3) is 3.53. The molecule has 0 aliphatic rings. The molecule has 25 heavy (non-hydrogen) atoms. The number of rotatable bonds is 4. The molecule has 11 nitrogen and oxygen atoms in total. The molecule has 14 heteroatoms. The molecule has 0 spiro atoms. The Morgan fingerprint density at radius 2 is 1.40 bits per heavy atom. The lowest BCUT2D eigenvalue weighted by molar-refractivity contribution is 0.468. The molecular formula is C11H11NO10S3. The van der Waals surface area contributed by atoms with Gasteiger partial charge in [0.1, 0.15) is 15.5 Å². The average Bonchev–Trinajstić information content (AvgIpc) is 2.42. The largest absolute Gasteiger partial charge is 0.507 e. The molecule has 0 saturated heterocycles. The summed E-state index contributed by atoms with van der Waals surface area (Å²) in [7, 11) is -13.9. The van der Waals surface area contributed by atoms with Gasteiger partial charge in [-0.15, -0.1) is 0 Å². The molecule has 2 aromatic carbocycles. The second-order valence-corrected chi connectivity index (χ2v) is 8.96. The molecule has 0 aliphatic heterocycles. The zero-order valence-electron chi connectivity index (χ0n) is 12.2. The zero-order chi connectivity index (χ0) is 19.4. The summed E-state index contributed by atoms with van der Waals surface area (Å²) in [5.74, 6) is -0.976. The van der Waals surface area contributed by atoms with Gasteiger partial charge in [0, 0.05) is 18.5 Å². The van der Waals surface area contributed by atoms with Gasteiger partial charge >= 0.3 is 0 Å². The molecule has 2 rings (SSSR count). The quantitative estimate of drug-likeness (QED) is 0.433. The lowest BCUT2D eigenvalue weighted by atomic mass is 10.1. The van der Waals surface area contributed by atoms with Crippen LogP contribution in [0.2, 0.25) is 0 Å². The molecular weight excluding hydrogens is 402 g/mol. The lowest BCUT2D eigenvalue weighted by Crippen LogP contribution is -2.11. The topological polar surface area (TPSA) is 195 Å². The standard InChI is InChI=1S/C11H11NO10S3/c1-12-10-8(24(17,18)19)3-5-2-6(23(14,15)16)4-7(13)9(5)11(10)25(20,21)22/h2-4,12-13H,1H3,(H,14,15,16)(H,17,18,19)(H,20,21,22). The van der Waals surface area contributed by atoms with E-state index in [1.165, 1.54) is 0 Å². The van der Waals surface area contributed by atoms with Gasteiger partial charge in [-0.2, -0.15) is 25.3 Å². The first-order chi connectivity index (χ1) is 11.2. The maximum atomic E-state index is 11.7. The van der Waals surface area contributed by atoms with Crippen LogP contribution in [-0.4, -0.2) is 51.1 Å². The summed E-state index contributed by atoms with van der Waals surface area (Å²) in [6.45, 7) is 0. The van der Waals surface area contributed by atoms with Crippen molar-refractivity contribution >= 4 is 46.8 Å². The fourth-order valence-electron chi connectivity index (χ4n) is 2.28. The van der Waals surface area contributed by atoms with Crippen molar-refractivity contribution in [3.8, 4) is 5.75 Å². The predicted octanol–water partition coefficient (Wildman–Crippen LogP) is 0.327. The maximum Gasteiger partial charge on any atom is 0.297 e. The van der Waals surface area contributed by atoms with E-state index in [4.69, 9.17) is 4.55 Å². The third-order valence-electron chi connectivity index (χ3n) is 3.19. The smallest absolute Gasteiger partial charge is 0.297 e. The van der Waals surface area contributed by atoms with Gasteiger partial charge in [0.25, 0.3) is 30.4 Å². The summed E-state index contributed by atoms with van der Waals surface area (Å²) in [6.07, 6.45) is 0. The predicted molar refractivity (Wildman–Crippen MR) is 84.6 cm³/mol. The van der Waals surface area contributed by atoms with Crippen molar-refractivity contribution in [3.63, 3.8) is 0 Å². The lowest BCUT2D eigenvalue weighted by Gasteiger charge is -2.15. The van der Waals surface area contributed by atoms with Gasteiger partial charge < -0.3 is 10.4 Å². The molecule has 0 fully saturated rings. The van der Waals surface area contributed by atoms with Gasteiger partial charge in [-0.25, -0.2) is 0 Å². The van der Waals surface area contributed by atoms with Crippen LogP contribution in [0.25, 0.3) is 10.8 Å². The highest BCUT2D eigenvalue weighted by Gasteiger charge is 2.29. The van der Waals surface area contributed by atoms with E-state index in [2.05, 4.69) is 5.32 Å². The molecule has 0 radical (unpaired) electrons. The average molecular weight is 413 g/mol. The van der Waals surface area contributed by atoms with Crippen LogP contribution in [0.5, 0.6) is 5.75 Å². The number of hydrogen-bond donors (Lipinski definition) is 5. The first kappa shape index (κ1) is 19.4. The van der Waals surface area contributed by atoms with E-state index in [0.29, 0.717) is 18.2 Å². The summed E-state index contributed by atoms with van der Waals surface area (Å²) < 4.78 is 96.6. The van der Waals surface area contributed by atoms with Crippen LogP contribution in [0.15, 0.2) is 32.9 Å². The van der Waals surface area contributed by atoms with E-state index < -0.39 is 67.3 Å². The van der Waals surface area contributed by atoms with Crippen LogP contribution in [-0.2, 0) is 30.4 Å². The van der Waals surface area contributed by atoms with Crippen LogP contribution in [0.4, 0.5) is 5.69 Å². The molecule has 138 valence electrons. The van der Waals surface area contributed by atoms with E-state index in [9.17, 15) is 39.5 Å². The summed E-state index contributed by atoms with van der Waals surface area (Å²) in [4.78, 5) is -2.96. The molecule has 0 atom stereocenters. The van der Waals surface area contributed by atoms with Crippen molar-refractivity contribution in [2.75, 3.05) is 12.4 Å². The fourth-order valence-corrected chi connectivity index (χ4v) is 4.57. The molecule has 0 bridgehead atoms. The van der Waals surface area contributed by atoms with Gasteiger partial charge in [0.2, 0.25) is 0 Å². The third-order valence-corrected chi connectivity index (χ3v) is 5.83. The fraction of sp³-hybridized carbons (Fsp3) is 0.0909. The first-order valence-electron chi connectivity index (χ1n) is 6.12. The van der Waals surface area contributed by atoms with Gasteiger partial charge in [-0.3, -0.25) is 13.7 Å². The van der Waals surface area contributed by atoms with Crippen LogP contribution < -0.4 is 5.32 Å². The highest BCUT2D eigenvalue weighted by molar-refractivity contribution is 7.87. The molecule has 0 unspecified atom stereocenters. The van der Waals surface area contributed by atoms with Crippen molar-refractivity contribution in [1.29, 1.82) is 0 Å². The molecule has 5 N–H and O–H groups in total. The van der Waals surface area contributed by atoms with Crippen molar-refractivity contribution in [2.45, 2.75) is 14.7 Å². The van der Waals surface area contributed by atoms with E-state index >= 15 is 0 Å². The number of hydrogen-bond acceptors (Lipinski definition) is 8. The molecule has 0 amide bonds. The highest BCUT2D eigenvalue weighted by atomic mass is 32.2. The van der Waals surface area contributed by atoms with E-state index in [1.54, 1.807) is 0 Å². The van der Waals surface area contributed by atoms with Gasteiger partial charge in [0.05, 0.1) is 10.6 Å². The summed E-state index contributed by atoms with van der Waals surface area (Å²) >= 11 is 0. The monoisotopic (exact) mass is 413 g/mol. The van der Waals surface area contributed by atoms with Crippen LogP contribution in [0.3, 0.4) is 0 Å². The van der Waals surface area contributed by atoms with E-state index in [0.717, 1.165) is 7.05 Å². The normalized spacial score (nSPS) is 13.1. The summed E-state index contributed by atoms with van der Waals surface area (Å²) in [5, 5.41) is 11.1. The Balaban J connectivity index is 3.25. The number of aromatic hydroxyl groups is 1. The summed E-state index contributed by atoms with van der Waals surface area (Å²) in [5.41, 5.74) is -0.743.